The second kappa shape index (κ2) is 3.19. The molecular formula is C7H17NOSi. The lowest BCUT2D eigenvalue weighted by Gasteiger charge is -2.22. The SMILES string of the molecule is CC(C)C(=NO)C(C)(C)[SiH3]. The number of nitrogens with zero attached hydrogens (tertiary/aromatic N) is 1. The summed E-state index contributed by atoms with van der Waals surface area (Å²) in [4.78, 5) is 0. The van der Waals surface area contributed by atoms with Crippen molar-refractivity contribution in [1.82, 2.24) is 0 Å². The second-order valence-electron chi connectivity index (χ2n) is 3.89. The van der Waals surface area contributed by atoms with Crippen LogP contribution in [0.1, 0.15) is 27.7 Å². The molecule has 2 nitrogen and oxygen atoms in total. The highest BCUT2D eigenvalue weighted by atomic mass is 28.1. The molecule has 0 aromatic carbocycles. The van der Waals surface area contributed by atoms with Crippen molar-refractivity contribution in [1.29, 1.82) is 0 Å². The molecule has 0 spiro atoms. The van der Waals surface area contributed by atoms with Crippen LogP contribution < -0.4 is 0 Å². The van der Waals surface area contributed by atoms with Crippen molar-refractivity contribution >= 4 is 16.0 Å². The maximum absolute atomic E-state index is 8.64. The third-order valence-electron chi connectivity index (χ3n) is 1.42. The molecule has 0 aliphatic heterocycles. The second-order valence-corrected chi connectivity index (χ2v) is 6.39. The van der Waals surface area contributed by atoms with Gasteiger partial charge in [0.05, 0.1) is 5.71 Å². The molecule has 0 bridgehead atoms. The highest BCUT2D eigenvalue weighted by Gasteiger charge is 2.21. The Morgan fingerprint density at radius 1 is 1.50 bits per heavy atom. The normalized spacial score (nSPS) is 14.7. The van der Waals surface area contributed by atoms with Gasteiger partial charge in [0.15, 0.2) is 0 Å². The summed E-state index contributed by atoms with van der Waals surface area (Å²) >= 11 is 0. The summed E-state index contributed by atoms with van der Waals surface area (Å²) in [6.45, 7) is 8.31. The predicted molar refractivity (Wildman–Crippen MR) is 48.0 cm³/mol. The summed E-state index contributed by atoms with van der Waals surface area (Å²) < 4.78 is 0. The lowest BCUT2D eigenvalue weighted by atomic mass is 9.96. The van der Waals surface area contributed by atoms with Crippen LogP contribution in [0, 0.1) is 5.92 Å². The van der Waals surface area contributed by atoms with E-state index in [4.69, 9.17) is 5.21 Å². The summed E-state index contributed by atoms with van der Waals surface area (Å²) in [5.41, 5.74) is 0.916. The van der Waals surface area contributed by atoms with Crippen LogP contribution in [0.3, 0.4) is 0 Å². The molecule has 0 unspecified atom stereocenters. The lowest BCUT2D eigenvalue weighted by molar-refractivity contribution is 0.312. The van der Waals surface area contributed by atoms with Crippen molar-refractivity contribution in [3.8, 4) is 0 Å². The maximum atomic E-state index is 8.64. The first kappa shape index (κ1) is 9.69. The Morgan fingerprint density at radius 3 is 1.90 bits per heavy atom. The Hall–Kier alpha value is -0.313. The van der Waals surface area contributed by atoms with Gasteiger partial charge in [0.25, 0.3) is 0 Å². The van der Waals surface area contributed by atoms with E-state index in [1.54, 1.807) is 0 Å². The molecule has 0 fully saturated rings. The summed E-state index contributed by atoms with van der Waals surface area (Å²) in [5, 5.41) is 12.1. The van der Waals surface area contributed by atoms with Gasteiger partial charge < -0.3 is 5.21 Å². The molecule has 60 valence electrons. The Morgan fingerprint density at radius 2 is 1.90 bits per heavy atom. The number of hydrogen-bond acceptors (Lipinski definition) is 2. The average Bonchev–Trinajstić information content (AvgIpc) is 1.60. The van der Waals surface area contributed by atoms with E-state index in [9.17, 15) is 0 Å². The third-order valence-corrected chi connectivity index (χ3v) is 1.94. The Labute approximate surface area is 65.7 Å². The number of rotatable bonds is 2. The number of hydrogen-bond donors (Lipinski definition) is 1. The largest absolute Gasteiger partial charge is 0.411 e. The van der Waals surface area contributed by atoms with Crippen molar-refractivity contribution in [2.45, 2.75) is 32.7 Å². The van der Waals surface area contributed by atoms with E-state index in [1.165, 1.54) is 0 Å². The van der Waals surface area contributed by atoms with Gasteiger partial charge in [0, 0.05) is 10.2 Å². The fourth-order valence-electron chi connectivity index (χ4n) is 1.13. The molecule has 10 heavy (non-hydrogen) atoms. The van der Waals surface area contributed by atoms with Gasteiger partial charge in [-0.25, -0.2) is 0 Å². The molecule has 0 aliphatic carbocycles. The van der Waals surface area contributed by atoms with Crippen molar-refractivity contribution in [2.24, 2.45) is 11.1 Å². The van der Waals surface area contributed by atoms with E-state index in [0.29, 0.717) is 5.92 Å². The van der Waals surface area contributed by atoms with Gasteiger partial charge in [-0.05, 0) is 11.0 Å². The molecule has 0 heterocycles. The predicted octanol–water partition coefficient (Wildman–Crippen LogP) is 1.04. The van der Waals surface area contributed by atoms with Crippen molar-refractivity contribution < 1.29 is 5.21 Å². The molecule has 0 aromatic heterocycles. The molecule has 0 aliphatic rings. The zero-order valence-electron chi connectivity index (χ0n) is 7.47. The Kier molecular flexibility index (Phi) is 3.09. The first-order valence-electron chi connectivity index (χ1n) is 3.62. The summed E-state index contributed by atoms with van der Waals surface area (Å²) in [5.74, 6) is 0.359. The summed E-state index contributed by atoms with van der Waals surface area (Å²) in [6, 6.07) is 0. The van der Waals surface area contributed by atoms with Crippen LogP contribution in [0.25, 0.3) is 0 Å². The highest BCUT2D eigenvalue weighted by Crippen LogP contribution is 2.25. The fraction of sp³-hybridized carbons (Fsp3) is 0.857. The van der Waals surface area contributed by atoms with Crippen molar-refractivity contribution in [2.75, 3.05) is 0 Å². The van der Waals surface area contributed by atoms with Crippen molar-refractivity contribution in [3.63, 3.8) is 0 Å². The highest BCUT2D eigenvalue weighted by molar-refractivity contribution is 6.29. The monoisotopic (exact) mass is 159 g/mol. The average molecular weight is 159 g/mol. The minimum Gasteiger partial charge on any atom is -0.411 e. The van der Waals surface area contributed by atoms with Gasteiger partial charge in [-0.2, -0.15) is 0 Å². The van der Waals surface area contributed by atoms with Crippen LogP contribution in [0.5, 0.6) is 0 Å². The molecule has 0 amide bonds. The summed E-state index contributed by atoms with van der Waals surface area (Å²) in [7, 11) is 1.03. The minimum absolute atomic E-state index is 0.128. The summed E-state index contributed by atoms with van der Waals surface area (Å²) in [6.07, 6.45) is 0. The fourth-order valence-corrected chi connectivity index (χ4v) is 1.81. The van der Waals surface area contributed by atoms with E-state index < -0.39 is 0 Å². The molecule has 0 rings (SSSR count). The van der Waals surface area contributed by atoms with Crippen molar-refractivity contribution in [3.05, 3.63) is 0 Å². The van der Waals surface area contributed by atoms with E-state index in [1.807, 2.05) is 0 Å². The van der Waals surface area contributed by atoms with Gasteiger partial charge in [0.2, 0.25) is 0 Å². The molecule has 0 aromatic rings. The molecule has 0 radical (unpaired) electrons. The smallest absolute Gasteiger partial charge is 0.0615 e. The van der Waals surface area contributed by atoms with Crippen LogP contribution >= 0.6 is 0 Å². The Bertz CT molecular complexity index is 135. The van der Waals surface area contributed by atoms with E-state index >= 15 is 0 Å². The van der Waals surface area contributed by atoms with Crippen LogP contribution in [0.15, 0.2) is 5.16 Å². The molecule has 1 N–H and O–H groups in total. The van der Waals surface area contributed by atoms with E-state index in [-0.39, 0.29) is 5.04 Å². The molecule has 0 atom stereocenters. The third kappa shape index (κ3) is 2.52. The molecular weight excluding hydrogens is 142 g/mol. The Balaban J connectivity index is 4.40. The zero-order chi connectivity index (χ0) is 8.36. The first-order valence-corrected chi connectivity index (χ1v) is 4.62. The lowest BCUT2D eigenvalue weighted by Crippen LogP contribution is -2.22. The number of oxime groups is 1. The van der Waals surface area contributed by atoms with Crippen LogP contribution in [0.2, 0.25) is 5.04 Å². The molecule has 0 saturated carbocycles. The van der Waals surface area contributed by atoms with Crippen LogP contribution in [-0.4, -0.2) is 21.2 Å². The van der Waals surface area contributed by atoms with Crippen LogP contribution in [-0.2, 0) is 0 Å². The van der Waals surface area contributed by atoms with Crippen LogP contribution in [0.4, 0.5) is 0 Å². The first-order chi connectivity index (χ1) is 4.39. The van der Waals surface area contributed by atoms with Gasteiger partial charge in [-0.15, -0.1) is 0 Å². The van der Waals surface area contributed by atoms with E-state index in [0.717, 1.165) is 16.0 Å². The minimum atomic E-state index is 0.128. The zero-order valence-corrected chi connectivity index (χ0v) is 9.47. The van der Waals surface area contributed by atoms with Gasteiger partial charge >= 0.3 is 0 Å². The maximum Gasteiger partial charge on any atom is 0.0615 e. The molecule has 0 saturated heterocycles. The molecule has 3 heteroatoms. The van der Waals surface area contributed by atoms with E-state index in [2.05, 4.69) is 32.9 Å². The topological polar surface area (TPSA) is 32.6 Å². The van der Waals surface area contributed by atoms with Gasteiger partial charge in [0.1, 0.15) is 0 Å². The van der Waals surface area contributed by atoms with Gasteiger partial charge in [-0.1, -0.05) is 32.9 Å². The standard InChI is InChI=1S/C7H17NOSi/c1-5(2)6(8-9)7(3,4)10/h5,9H,1-4,10H3. The quantitative estimate of drug-likeness (QED) is 0.278. The van der Waals surface area contributed by atoms with Gasteiger partial charge in [-0.3, -0.25) is 0 Å².